The molecule has 1 aliphatic rings. The third-order valence-corrected chi connectivity index (χ3v) is 7.81. The summed E-state index contributed by atoms with van der Waals surface area (Å²) in [7, 11) is -7.15. The summed E-state index contributed by atoms with van der Waals surface area (Å²) in [6.45, 7) is 2.06. The number of nitrogens with zero attached hydrogens (tertiary/aromatic N) is 1. The zero-order valence-electron chi connectivity index (χ0n) is 14.1. The fraction of sp³-hybridized carbons (Fsp3) is 0.294. The molecule has 0 unspecified atom stereocenters. The van der Waals surface area contributed by atoms with Crippen LogP contribution in [0.1, 0.15) is 18.4 Å². The summed E-state index contributed by atoms with van der Waals surface area (Å²) >= 11 is 5.89. The summed E-state index contributed by atoms with van der Waals surface area (Å²) in [4.78, 5) is 0.0932. The van der Waals surface area contributed by atoms with Crippen LogP contribution in [0.25, 0.3) is 0 Å². The van der Waals surface area contributed by atoms with Crippen molar-refractivity contribution >= 4 is 43.0 Å². The third kappa shape index (κ3) is 3.97. The Bertz CT molecular complexity index is 1040. The van der Waals surface area contributed by atoms with Gasteiger partial charge in [-0.15, -0.1) is 0 Å². The van der Waals surface area contributed by atoms with Gasteiger partial charge in [0, 0.05) is 11.6 Å². The zero-order valence-corrected chi connectivity index (χ0v) is 16.5. The minimum atomic E-state index is -3.81. The first-order valence-electron chi connectivity index (χ1n) is 8.08. The normalized spacial score (nSPS) is 17.1. The lowest BCUT2D eigenvalue weighted by Gasteiger charge is -2.28. The molecule has 6 nitrogen and oxygen atoms in total. The van der Waals surface area contributed by atoms with E-state index in [-0.39, 0.29) is 10.6 Å². The molecule has 0 radical (unpaired) electrons. The Morgan fingerprint density at radius 1 is 1.12 bits per heavy atom. The Kier molecular flexibility index (Phi) is 5.18. The van der Waals surface area contributed by atoms with Gasteiger partial charge in [0.25, 0.3) is 10.0 Å². The molecule has 0 bridgehead atoms. The maximum atomic E-state index is 12.7. The average Bonchev–Trinajstić information content (AvgIpc) is 2.53. The van der Waals surface area contributed by atoms with Crippen LogP contribution in [0.5, 0.6) is 0 Å². The molecule has 0 atom stereocenters. The first-order valence-corrected chi connectivity index (χ1v) is 11.6. The monoisotopic (exact) mass is 414 g/mol. The maximum Gasteiger partial charge on any atom is 0.262 e. The van der Waals surface area contributed by atoms with Crippen molar-refractivity contribution in [1.82, 2.24) is 0 Å². The van der Waals surface area contributed by atoms with E-state index in [1.54, 1.807) is 31.2 Å². The number of nitrogens with one attached hydrogen (secondary N) is 1. The smallest absolute Gasteiger partial charge is 0.262 e. The Morgan fingerprint density at radius 3 is 2.54 bits per heavy atom. The summed E-state index contributed by atoms with van der Waals surface area (Å²) < 4.78 is 53.6. The molecule has 1 fully saturated rings. The van der Waals surface area contributed by atoms with Gasteiger partial charge in [0.05, 0.1) is 22.0 Å². The van der Waals surface area contributed by atoms with E-state index in [0.717, 1.165) is 6.42 Å². The molecule has 1 heterocycles. The molecule has 0 amide bonds. The van der Waals surface area contributed by atoms with Gasteiger partial charge in [-0.2, -0.15) is 0 Å². The number of aryl methyl sites for hydroxylation is 1. The summed E-state index contributed by atoms with van der Waals surface area (Å²) in [6, 6.07) is 11.0. The van der Waals surface area contributed by atoms with Crippen molar-refractivity contribution in [2.24, 2.45) is 0 Å². The van der Waals surface area contributed by atoms with E-state index in [1.807, 2.05) is 0 Å². The van der Waals surface area contributed by atoms with Crippen LogP contribution in [0.4, 0.5) is 11.4 Å². The molecule has 1 aliphatic heterocycles. The second kappa shape index (κ2) is 7.09. The molecule has 0 spiro atoms. The van der Waals surface area contributed by atoms with Gasteiger partial charge in [-0.25, -0.2) is 16.8 Å². The topological polar surface area (TPSA) is 83.6 Å². The number of sulfonamides is 2. The molecule has 9 heteroatoms. The van der Waals surface area contributed by atoms with E-state index >= 15 is 0 Å². The number of hydrogen-bond donors (Lipinski definition) is 1. The van der Waals surface area contributed by atoms with Gasteiger partial charge in [0.2, 0.25) is 10.0 Å². The van der Waals surface area contributed by atoms with E-state index in [2.05, 4.69) is 4.72 Å². The predicted molar refractivity (Wildman–Crippen MR) is 104 cm³/mol. The molecule has 26 heavy (non-hydrogen) atoms. The highest BCUT2D eigenvalue weighted by Crippen LogP contribution is 2.28. The predicted octanol–water partition coefficient (Wildman–Crippen LogP) is 3.38. The van der Waals surface area contributed by atoms with Gasteiger partial charge >= 0.3 is 0 Å². The van der Waals surface area contributed by atoms with Crippen molar-refractivity contribution in [3.63, 3.8) is 0 Å². The van der Waals surface area contributed by atoms with Crippen LogP contribution in [0.15, 0.2) is 47.4 Å². The summed E-state index contributed by atoms with van der Waals surface area (Å²) in [5, 5.41) is 0.424. The standard InChI is InChI=1S/C17H19ClN2O4S2/c1-13-11-16(20-9-2-3-10-25(20,21)22)7-8-17(13)26(23,24)19-15-6-4-5-14(18)12-15/h4-8,11-12,19H,2-3,9-10H2,1H3. The number of anilines is 2. The van der Waals surface area contributed by atoms with Crippen LogP contribution in [0.2, 0.25) is 5.02 Å². The minimum absolute atomic E-state index is 0.0932. The quantitative estimate of drug-likeness (QED) is 0.831. The van der Waals surface area contributed by atoms with Crippen LogP contribution in [-0.4, -0.2) is 29.1 Å². The number of rotatable bonds is 4. The molecular weight excluding hydrogens is 396 g/mol. The van der Waals surface area contributed by atoms with Crippen molar-refractivity contribution in [3.05, 3.63) is 53.1 Å². The Hall–Kier alpha value is -1.77. The molecule has 0 aliphatic carbocycles. The SMILES string of the molecule is Cc1cc(N2CCCCS2(=O)=O)ccc1S(=O)(=O)Nc1cccc(Cl)c1. The van der Waals surface area contributed by atoms with Gasteiger partial charge in [0.1, 0.15) is 0 Å². The van der Waals surface area contributed by atoms with E-state index in [0.29, 0.717) is 34.9 Å². The number of hydrogen-bond acceptors (Lipinski definition) is 4. The molecule has 3 rings (SSSR count). The highest BCUT2D eigenvalue weighted by molar-refractivity contribution is 7.93. The lowest BCUT2D eigenvalue weighted by molar-refractivity contribution is 0.574. The fourth-order valence-electron chi connectivity index (χ4n) is 2.93. The van der Waals surface area contributed by atoms with Crippen LogP contribution in [0.3, 0.4) is 0 Å². The molecule has 1 saturated heterocycles. The number of halogens is 1. The second-order valence-electron chi connectivity index (χ2n) is 6.16. The third-order valence-electron chi connectivity index (χ3n) is 4.16. The first-order chi connectivity index (χ1) is 12.2. The molecule has 140 valence electrons. The fourth-order valence-corrected chi connectivity index (χ4v) is 6.03. The van der Waals surface area contributed by atoms with Crippen molar-refractivity contribution in [1.29, 1.82) is 0 Å². The molecule has 2 aromatic rings. The van der Waals surface area contributed by atoms with Gasteiger partial charge < -0.3 is 0 Å². The van der Waals surface area contributed by atoms with Gasteiger partial charge in [-0.05, 0) is 61.7 Å². The van der Waals surface area contributed by atoms with Crippen LogP contribution in [-0.2, 0) is 20.0 Å². The van der Waals surface area contributed by atoms with Crippen LogP contribution >= 0.6 is 11.6 Å². The molecule has 2 aromatic carbocycles. The van der Waals surface area contributed by atoms with Crippen LogP contribution < -0.4 is 9.03 Å². The Morgan fingerprint density at radius 2 is 1.88 bits per heavy atom. The van der Waals surface area contributed by atoms with Crippen molar-refractivity contribution in [3.8, 4) is 0 Å². The van der Waals surface area contributed by atoms with Gasteiger partial charge in [-0.1, -0.05) is 17.7 Å². The second-order valence-corrected chi connectivity index (χ2v) is 10.3. The summed E-state index contributed by atoms with van der Waals surface area (Å²) in [5.41, 5.74) is 1.32. The minimum Gasteiger partial charge on any atom is -0.280 e. The Balaban J connectivity index is 1.92. The highest BCUT2D eigenvalue weighted by Gasteiger charge is 2.27. The highest BCUT2D eigenvalue weighted by atomic mass is 35.5. The summed E-state index contributed by atoms with van der Waals surface area (Å²) in [5.74, 6) is 0.114. The van der Waals surface area contributed by atoms with E-state index in [9.17, 15) is 16.8 Å². The number of benzene rings is 2. The van der Waals surface area contributed by atoms with E-state index in [1.165, 1.54) is 22.5 Å². The molecule has 1 N–H and O–H groups in total. The van der Waals surface area contributed by atoms with Crippen molar-refractivity contribution < 1.29 is 16.8 Å². The van der Waals surface area contributed by atoms with Crippen molar-refractivity contribution in [2.45, 2.75) is 24.7 Å². The lowest BCUT2D eigenvalue weighted by Crippen LogP contribution is -2.37. The first kappa shape index (κ1) is 19.0. The van der Waals surface area contributed by atoms with E-state index in [4.69, 9.17) is 11.6 Å². The van der Waals surface area contributed by atoms with Gasteiger partial charge in [0.15, 0.2) is 0 Å². The Labute approximate surface area is 158 Å². The largest absolute Gasteiger partial charge is 0.280 e. The lowest BCUT2D eigenvalue weighted by atomic mass is 10.2. The maximum absolute atomic E-state index is 12.7. The average molecular weight is 415 g/mol. The molecule has 0 aromatic heterocycles. The van der Waals surface area contributed by atoms with E-state index < -0.39 is 20.0 Å². The molecular formula is C17H19ClN2O4S2. The summed E-state index contributed by atoms with van der Waals surface area (Å²) in [6.07, 6.45) is 1.43. The molecule has 0 saturated carbocycles. The van der Waals surface area contributed by atoms with Crippen LogP contribution in [0, 0.1) is 6.92 Å². The zero-order chi connectivity index (χ0) is 18.9. The van der Waals surface area contributed by atoms with Crippen molar-refractivity contribution in [2.75, 3.05) is 21.3 Å². The van der Waals surface area contributed by atoms with Gasteiger partial charge in [-0.3, -0.25) is 9.03 Å².